The Hall–Kier alpha value is -1.93. The maximum atomic E-state index is 12.0. The second-order valence-electron chi connectivity index (χ2n) is 6.90. The fraction of sp³-hybridized carbons (Fsp3) is 0.688. The third kappa shape index (κ3) is 3.29. The molecule has 1 saturated heterocycles. The van der Waals surface area contributed by atoms with Crippen molar-refractivity contribution in [2.45, 2.75) is 43.7 Å². The largest absolute Gasteiger partial charge is 0.323 e. The van der Waals surface area contributed by atoms with Gasteiger partial charge in [-0.1, -0.05) is 0 Å². The van der Waals surface area contributed by atoms with Crippen LogP contribution in [0.1, 0.15) is 42.9 Å². The zero-order valence-electron chi connectivity index (χ0n) is 14.3. The molecule has 1 aliphatic heterocycles. The number of rotatable bonds is 6. The molecular formula is C16H26N6O2. The number of aromatic amines is 1. The normalized spacial score (nSPS) is 26.9. The van der Waals surface area contributed by atoms with Crippen molar-refractivity contribution in [1.82, 2.24) is 31.0 Å². The van der Waals surface area contributed by atoms with Gasteiger partial charge >= 0.3 is 6.03 Å². The monoisotopic (exact) mass is 334 g/mol. The van der Waals surface area contributed by atoms with E-state index in [1.807, 2.05) is 13.2 Å². The highest BCUT2D eigenvalue weighted by Gasteiger charge is 2.48. The number of carbonyl (C=O) groups is 2. The number of hydrogen-bond donors (Lipinski definition) is 4. The molecule has 0 atom stereocenters. The highest BCUT2D eigenvalue weighted by atomic mass is 16.2. The molecule has 8 heteroatoms. The number of nitrogens with one attached hydrogen (secondary N) is 4. The molecule has 8 nitrogen and oxygen atoms in total. The van der Waals surface area contributed by atoms with Crippen LogP contribution < -0.4 is 16.0 Å². The van der Waals surface area contributed by atoms with Gasteiger partial charge in [-0.25, -0.2) is 4.79 Å². The van der Waals surface area contributed by atoms with Crippen LogP contribution in [0.15, 0.2) is 6.20 Å². The van der Waals surface area contributed by atoms with Crippen molar-refractivity contribution < 1.29 is 9.59 Å². The van der Waals surface area contributed by atoms with Crippen LogP contribution in [0.5, 0.6) is 0 Å². The first-order chi connectivity index (χ1) is 11.5. The lowest BCUT2D eigenvalue weighted by molar-refractivity contribution is -0.125. The minimum atomic E-state index is -0.701. The number of amides is 3. The van der Waals surface area contributed by atoms with Crippen molar-refractivity contribution in [3.8, 4) is 0 Å². The van der Waals surface area contributed by atoms with Gasteiger partial charge in [0, 0.05) is 37.3 Å². The maximum Gasteiger partial charge on any atom is 0.322 e. The molecular weight excluding hydrogens is 308 g/mol. The summed E-state index contributed by atoms with van der Waals surface area (Å²) in [5.41, 5.74) is 1.62. The molecule has 2 heterocycles. The molecule has 0 unspecified atom stereocenters. The first-order valence-electron chi connectivity index (χ1n) is 8.53. The summed E-state index contributed by atoms with van der Waals surface area (Å²) in [6.45, 7) is 2.78. The highest BCUT2D eigenvalue weighted by molar-refractivity contribution is 6.07. The fourth-order valence-corrected chi connectivity index (χ4v) is 3.74. The van der Waals surface area contributed by atoms with Gasteiger partial charge in [-0.05, 0) is 39.8 Å². The number of urea groups is 1. The Kier molecular flexibility index (Phi) is 4.86. The standard InChI is InChI=1S/C16H26N6O2/c1-17-7-8-22(2)10-12-9-18-21-13(12)11-3-5-16(6-4-11)14(23)19-15(24)20-16/h9,11,17H,3-8,10H2,1-2H3,(H,18,21)(H2,19,20,23,24). The van der Waals surface area contributed by atoms with Crippen molar-refractivity contribution in [2.75, 3.05) is 27.2 Å². The number of hydrogen-bond acceptors (Lipinski definition) is 5. The van der Waals surface area contributed by atoms with Crippen LogP contribution in [0.4, 0.5) is 4.79 Å². The molecule has 0 radical (unpaired) electrons. The molecule has 0 aromatic carbocycles. The lowest BCUT2D eigenvalue weighted by atomic mass is 9.75. The van der Waals surface area contributed by atoms with Gasteiger partial charge in [0.2, 0.25) is 0 Å². The van der Waals surface area contributed by atoms with Crippen LogP contribution in [0.3, 0.4) is 0 Å². The lowest BCUT2D eigenvalue weighted by Crippen LogP contribution is -2.49. The van der Waals surface area contributed by atoms with E-state index in [1.54, 1.807) is 0 Å². The van der Waals surface area contributed by atoms with E-state index in [2.05, 4.69) is 38.1 Å². The van der Waals surface area contributed by atoms with Gasteiger partial charge < -0.3 is 15.5 Å². The van der Waals surface area contributed by atoms with Gasteiger partial charge in [-0.2, -0.15) is 5.10 Å². The topological polar surface area (TPSA) is 102 Å². The van der Waals surface area contributed by atoms with E-state index in [-0.39, 0.29) is 11.9 Å². The van der Waals surface area contributed by atoms with E-state index in [1.165, 1.54) is 5.56 Å². The minimum absolute atomic E-state index is 0.181. The first-order valence-corrected chi connectivity index (χ1v) is 8.53. The van der Waals surface area contributed by atoms with Gasteiger partial charge in [0.1, 0.15) is 5.54 Å². The predicted octanol–water partition coefficient (Wildman–Crippen LogP) is 0.297. The van der Waals surface area contributed by atoms with E-state index >= 15 is 0 Å². The number of aromatic nitrogens is 2. The van der Waals surface area contributed by atoms with Gasteiger partial charge in [0.15, 0.2) is 0 Å². The number of likely N-dealkylation sites (N-methyl/N-ethyl adjacent to an activating group) is 2. The van der Waals surface area contributed by atoms with E-state index in [9.17, 15) is 9.59 Å². The Morgan fingerprint density at radius 2 is 2.12 bits per heavy atom. The number of H-pyrrole nitrogens is 1. The van der Waals surface area contributed by atoms with Gasteiger partial charge in [0.25, 0.3) is 5.91 Å². The summed E-state index contributed by atoms with van der Waals surface area (Å²) in [7, 11) is 4.05. The molecule has 1 aliphatic carbocycles. The Morgan fingerprint density at radius 3 is 2.75 bits per heavy atom. The van der Waals surface area contributed by atoms with Crippen molar-refractivity contribution >= 4 is 11.9 Å². The Balaban J connectivity index is 1.62. The van der Waals surface area contributed by atoms with Crippen molar-refractivity contribution in [3.05, 3.63) is 17.5 Å². The fourth-order valence-electron chi connectivity index (χ4n) is 3.74. The minimum Gasteiger partial charge on any atom is -0.323 e. The van der Waals surface area contributed by atoms with Gasteiger partial charge in [-0.15, -0.1) is 0 Å². The summed E-state index contributed by atoms with van der Waals surface area (Å²) >= 11 is 0. The highest BCUT2D eigenvalue weighted by Crippen LogP contribution is 2.39. The van der Waals surface area contributed by atoms with Crippen LogP contribution >= 0.6 is 0 Å². The number of imide groups is 1. The zero-order chi connectivity index (χ0) is 17.2. The van der Waals surface area contributed by atoms with Gasteiger partial charge in [-0.3, -0.25) is 15.2 Å². The molecule has 0 bridgehead atoms. The summed E-state index contributed by atoms with van der Waals surface area (Å²) in [6, 6.07) is -0.370. The van der Waals surface area contributed by atoms with Crippen LogP contribution in [-0.4, -0.2) is 59.8 Å². The average molecular weight is 334 g/mol. The predicted molar refractivity (Wildman–Crippen MR) is 89.5 cm³/mol. The van der Waals surface area contributed by atoms with Crippen LogP contribution in [0, 0.1) is 0 Å². The lowest BCUT2D eigenvalue weighted by Gasteiger charge is -2.34. The third-order valence-electron chi connectivity index (χ3n) is 5.18. The molecule has 2 aliphatic rings. The van der Waals surface area contributed by atoms with E-state index in [0.29, 0.717) is 18.8 Å². The van der Waals surface area contributed by atoms with Crippen LogP contribution in [-0.2, 0) is 11.3 Å². The third-order valence-corrected chi connectivity index (χ3v) is 5.18. The molecule has 3 rings (SSSR count). The van der Waals surface area contributed by atoms with Crippen LogP contribution in [0.2, 0.25) is 0 Å². The summed E-state index contributed by atoms with van der Waals surface area (Å²) < 4.78 is 0. The molecule has 132 valence electrons. The van der Waals surface area contributed by atoms with Gasteiger partial charge in [0.05, 0.1) is 5.69 Å². The second kappa shape index (κ2) is 6.90. The molecule has 1 aromatic rings. The van der Waals surface area contributed by atoms with Crippen LogP contribution in [0.25, 0.3) is 0 Å². The van der Waals surface area contributed by atoms with Crippen molar-refractivity contribution in [1.29, 1.82) is 0 Å². The average Bonchev–Trinajstić information content (AvgIpc) is 3.11. The first kappa shape index (κ1) is 16.9. The Labute approximate surface area is 141 Å². The maximum absolute atomic E-state index is 12.0. The van der Waals surface area contributed by atoms with E-state index < -0.39 is 5.54 Å². The van der Waals surface area contributed by atoms with Crippen molar-refractivity contribution in [2.24, 2.45) is 0 Å². The SMILES string of the molecule is CNCCN(C)Cc1c[nH]nc1C1CCC2(CC1)NC(=O)NC2=O. The summed E-state index contributed by atoms with van der Waals surface area (Å²) in [5.74, 6) is 0.153. The van der Waals surface area contributed by atoms with E-state index in [0.717, 1.165) is 38.2 Å². The Morgan fingerprint density at radius 1 is 1.38 bits per heavy atom. The molecule has 1 aromatic heterocycles. The molecule has 3 amide bonds. The summed E-state index contributed by atoms with van der Waals surface area (Å²) in [6.07, 6.45) is 5.01. The molecule has 4 N–H and O–H groups in total. The number of carbonyl (C=O) groups excluding carboxylic acids is 2. The second-order valence-corrected chi connectivity index (χ2v) is 6.90. The molecule has 24 heavy (non-hydrogen) atoms. The smallest absolute Gasteiger partial charge is 0.322 e. The summed E-state index contributed by atoms with van der Waals surface area (Å²) in [5, 5.41) is 15.8. The van der Waals surface area contributed by atoms with Crippen molar-refractivity contribution in [3.63, 3.8) is 0 Å². The summed E-state index contributed by atoms with van der Waals surface area (Å²) in [4.78, 5) is 25.7. The molecule has 1 saturated carbocycles. The van der Waals surface area contributed by atoms with E-state index in [4.69, 9.17) is 0 Å². The Bertz CT molecular complexity index is 605. The zero-order valence-corrected chi connectivity index (χ0v) is 14.3. The molecule has 2 fully saturated rings. The molecule has 1 spiro atoms. The number of nitrogens with zero attached hydrogens (tertiary/aromatic N) is 2. The quantitative estimate of drug-likeness (QED) is 0.560.